The summed E-state index contributed by atoms with van der Waals surface area (Å²) in [7, 11) is 1.34. The Hall–Kier alpha value is -2.04. The summed E-state index contributed by atoms with van der Waals surface area (Å²) < 4.78 is 4.49. The van der Waals surface area contributed by atoms with Gasteiger partial charge in [0.15, 0.2) is 0 Å². The Labute approximate surface area is 99.9 Å². The maximum atomic E-state index is 11.6. The number of benzene rings is 1. The van der Waals surface area contributed by atoms with Gasteiger partial charge in [-0.3, -0.25) is 9.59 Å². The van der Waals surface area contributed by atoms with Gasteiger partial charge in [-0.1, -0.05) is 0 Å². The Balaban J connectivity index is 2.30. The first-order chi connectivity index (χ1) is 8.13. The lowest BCUT2D eigenvalue weighted by atomic mass is 10.2. The summed E-state index contributed by atoms with van der Waals surface area (Å²) in [5, 5.41) is 2.71. The number of anilines is 1. The summed E-state index contributed by atoms with van der Waals surface area (Å²) in [6.45, 7) is 0.443. The first kappa shape index (κ1) is 13.0. The molecule has 92 valence electrons. The van der Waals surface area contributed by atoms with E-state index in [1.165, 1.54) is 7.11 Å². The SMILES string of the molecule is COC(=O)CCCNC(=O)c1ccc(N)cc1. The molecule has 0 atom stereocenters. The normalized spacial score (nSPS) is 9.71. The van der Waals surface area contributed by atoms with Crippen molar-refractivity contribution in [1.82, 2.24) is 5.32 Å². The topological polar surface area (TPSA) is 81.4 Å². The molecule has 1 aromatic rings. The van der Waals surface area contributed by atoms with Crippen LogP contribution >= 0.6 is 0 Å². The van der Waals surface area contributed by atoms with Crippen LogP contribution in [0.15, 0.2) is 24.3 Å². The molecule has 0 heterocycles. The fraction of sp³-hybridized carbons (Fsp3) is 0.333. The van der Waals surface area contributed by atoms with E-state index < -0.39 is 0 Å². The lowest BCUT2D eigenvalue weighted by Gasteiger charge is -2.04. The average Bonchev–Trinajstić information content (AvgIpc) is 2.34. The summed E-state index contributed by atoms with van der Waals surface area (Å²) in [5.41, 5.74) is 6.68. The Morgan fingerprint density at radius 2 is 1.94 bits per heavy atom. The second kappa shape index (κ2) is 6.52. The van der Waals surface area contributed by atoms with Gasteiger partial charge >= 0.3 is 5.97 Å². The summed E-state index contributed by atoms with van der Waals surface area (Å²) in [6, 6.07) is 6.66. The third-order valence-electron chi connectivity index (χ3n) is 2.24. The van der Waals surface area contributed by atoms with E-state index in [4.69, 9.17) is 5.73 Å². The molecule has 0 saturated heterocycles. The van der Waals surface area contributed by atoms with Crippen molar-refractivity contribution in [2.24, 2.45) is 0 Å². The molecule has 0 aliphatic carbocycles. The van der Waals surface area contributed by atoms with Crippen LogP contribution in [-0.2, 0) is 9.53 Å². The molecule has 3 N–H and O–H groups in total. The van der Waals surface area contributed by atoms with Crippen molar-refractivity contribution in [3.8, 4) is 0 Å². The van der Waals surface area contributed by atoms with Crippen molar-refractivity contribution in [1.29, 1.82) is 0 Å². The highest BCUT2D eigenvalue weighted by atomic mass is 16.5. The Kier molecular flexibility index (Phi) is 5.00. The van der Waals surface area contributed by atoms with E-state index in [0.717, 1.165) is 0 Å². The van der Waals surface area contributed by atoms with Gasteiger partial charge in [0.25, 0.3) is 5.91 Å². The number of ether oxygens (including phenoxy) is 1. The van der Waals surface area contributed by atoms with Gasteiger partial charge in [0, 0.05) is 24.2 Å². The summed E-state index contributed by atoms with van der Waals surface area (Å²) in [5.74, 6) is -0.443. The predicted octanol–water partition coefficient (Wildman–Crippen LogP) is 0.952. The highest BCUT2D eigenvalue weighted by molar-refractivity contribution is 5.94. The van der Waals surface area contributed by atoms with Crippen LogP contribution in [0.3, 0.4) is 0 Å². The molecular weight excluding hydrogens is 220 g/mol. The van der Waals surface area contributed by atoms with Crippen molar-refractivity contribution in [2.75, 3.05) is 19.4 Å². The molecule has 17 heavy (non-hydrogen) atoms. The number of esters is 1. The smallest absolute Gasteiger partial charge is 0.305 e. The van der Waals surface area contributed by atoms with Crippen molar-refractivity contribution >= 4 is 17.6 Å². The number of hydrogen-bond acceptors (Lipinski definition) is 4. The first-order valence-corrected chi connectivity index (χ1v) is 5.34. The minimum absolute atomic E-state index is 0.171. The first-order valence-electron chi connectivity index (χ1n) is 5.34. The zero-order valence-electron chi connectivity index (χ0n) is 9.73. The second-order valence-corrected chi connectivity index (χ2v) is 3.56. The molecule has 0 bridgehead atoms. The van der Waals surface area contributed by atoms with E-state index >= 15 is 0 Å². The summed E-state index contributed by atoms with van der Waals surface area (Å²) in [4.78, 5) is 22.4. The summed E-state index contributed by atoms with van der Waals surface area (Å²) >= 11 is 0. The average molecular weight is 236 g/mol. The quantitative estimate of drug-likeness (QED) is 0.453. The maximum absolute atomic E-state index is 11.6. The van der Waals surface area contributed by atoms with E-state index in [2.05, 4.69) is 10.1 Å². The number of nitrogen functional groups attached to an aromatic ring is 1. The molecule has 1 rings (SSSR count). The van der Waals surface area contributed by atoms with E-state index in [-0.39, 0.29) is 11.9 Å². The van der Waals surface area contributed by atoms with Gasteiger partial charge in [-0.15, -0.1) is 0 Å². The molecule has 1 aromatic carbocycles. The predicted molar refractivity (Wildman–Crippen MR) is 64.4 cm³/mol. The lowest BCUT2D eigenvalue weighted by molar-refractivity contribution is -0.140. The number of rotatable bonds is 5. The number of hydrogen-bond donors (Lipinski definition) is 2. The number of amides is 1. The molecule has 0 aliphatic rings. The van der Waals surface area contributed by atoms with Gasteiger partial charge in [-0.25, -0.2) is 0 Å². The lowest BCUT2D eigenvalue weighted by Crippen LogP contribution is -2.24. The molecule has 1 amide bonds. The van der Waals surface area contributed by atoms with E-state index in [9.17, 15) is 9.59 Å². The minimum atomic E-state index is -0.272. The molecule has 5 heteroatoms. The number of nitrogens with two attached hydrogens (primary N) is 1. The Morgan fingerprint density at radius 3 is 2.53 bits per heavy atom. The molecule has 0 unspecified atom stereocenters. The molecule has 0 aliphatic heterocycles. The molecule has 0 aromatic heterocycles. The zero-order valence-corrected chi connectivity index (χ0v) is 9.73. The van der Waals surface area contributed by atoms with E-state index in [1.54, 1.807) is 24.3 Å². The Morgan fingerprint density at radius 1 is 1.29 bits per heavy atom. The van der Waals surface area contributed by atoms with Crippen LogP contribution in [0.4, 0.5) is 5.69 Å². The van der Waals surface area contributed by atoms with Gasteiger partial charge in [0.1, 0.15) is 0 Å². The van der Waals surface area contributed by atoms with Crippen molar-refractivity contribution < 1.29 is 14.3 Å². The molecule has 0 saturated carbocycles. The van der Waals surface area contributed by atoms with Gasteiger partial charge in [-0.2, -0.15) is 0 Å². The third-order valence-corrected chi connectivity index (χ3v) is 2.24. The van der Waals surface area contributed by atoms with Crippen LogP contribution in [0, 0.1) is 0 Å². The summed E-state index contributed by atoms with van der Waals surface area (Å²) in [6.07, 6.45) is 0.867. The van der Waals surface area contributed by atoms with E-state index in [1.807, 2.05) is 0 Å². The molecular formula is C12H16N2O3. The van der Waals surface area contributed by atoms with Crippen LogP contribution in [0.5, 0.6) is 0 Å². The van der Waals surface area contributed by atoms with Crippen LogP contribution in [0.1, 0.15) is 23.2 Å². The molecule has 5 nitrogen and oxygen atoms in total. The minimum Gasteiger partial charge on any atom is -0.469 e. The van der Waals surface area contributed by atoms with Crippen molar-refractivity contribution in [2.45, 2.75) is 12.8 Å². The van der Waals surface area contributed by atoms with Gasteiger partial charge in [0.2, 0.25) is 0 Å². The second-order valence-electron chi connectivity index (χ2n) is 3.56. The Bertz CT molecular complexity index is 387. The largest absolute Gasteiger partial charge is 0.469 e. The molecule has 0 fully saturated rings. The van der Waals surface area contributed by atoms with Gasteiger partial charge in [-0.05, 0) is 30.7 Å². The third kappa shape index (κ3) is 4.55. The highest BCUT2D eigenvalue weighted by Crippen LogP contribution is 2.05. The van der Waals surface area contributed by atoms with Crippen molar-refractivity contribution in [3.63, 3.8) is 0 Å². The van der Waals surface area contributed by atoms with Crippen LogP contribution in [0.2, 0.25) is 0 Å². The maximum Gasteiger partial charge on any atom is 0.305 e. The van der Waals surface area contributed by atoms with Crippen LogP contribution in [-0.4, -0.2) is 25.5 Å². The van der Waals surface area contributed by atoms with Crippen LogP contribution < -0.4 is 11.1 Å². The number of nitrogens with one attached hydrogen (secondary N) is 1. The monoisotopic (exact) mass is 236 g/mol. The molecule has 0 spiro atoms. The van der Waals surface area contributed by atoms with Crippen molar-refractivity contribution in [3.05, 3.63) is 29.8 Å². The number of carbonyl (C=O) groups excluding carboxylic acids is 2. The standard InChI is InChI=1S/C12H16N2O3/c1-17-11(15)3-2-8-14-12(16)9-4-6-10(13)7-5-9/h4-7H,2-3,8,13H2,1H3,(H,14,16). The zero-order chi connectivity index (χ0) is 12.7. The van der Waals surface area contributed by atoms with E-state index in [0.29, 0.717) is 30.6 Å². The fourth-order valence-electron chi connectivity index (χ4n) is 1.27. The number of carbonyl (C=O) groups is 2. The van der Waals surface area contributed by atoms with Gasteiger partial charge in [0.05, 0.1) is 7.11 Å². The fourth-order valence-corrected chi connectivity index (χ4v) is 1.27. The van der Waals surface area contributed by atoms with Gasteiger partial charge < -0.3 is 15.8 Å². The highest BCUT2D eigenvalue weighted by Gasteiger charge is 2.05. The number of methoxy groups -OCH3 is 1. The molecule has 0 radical (unpaired) electrons. The van der Waals surface area contributed by atoms with Crippen LogP contribution in [0.25, 0.3) is 0 Å².